The van der Waals surface area contributed by atoms with Crippen molar-refractivity contribution in [3.05, 3.63) is 0 Å². The van der Waals surface area contributed by atoms with Gasteiger partial charge >= 0.3 is 0 Å². The zero-order chi connectivity index (χ0) is 15.6. The molecule has 0 bridgehead atoms. The van der Waals surface area contributed by atoms with Gasteiger partial charge in [0.2, 0.25) is 15.9 Å². The van der Waals surface area contributed by atoms with Crippen molar-refractivity contribution in [3.8, 4) is 0 Å². The van der Waals surface area contributed by atoms with Crippen molar-refractivity contribution in [2.75, 3.05) is 25.4 Å². The van der Waals surface area contributed by atoms with Crippen molar-refractivity contribution in [1.82, 2.24) is 9.21 Å². The van der Waals surface area contributed by atoms with Crippen LogP contribution in [0.4, 0.5) is 0 Å². The first-order valence-corrected chi connectivity index (χ1v) is 9.47. The Kier molecular flexibility index (Phi) is 5.27. The highest BCUT2D eigenvalue weighted by Crippen LogP contribution is 2.34. The number of nitrogens with zero attached hydrogens (tertiary/aromatic N) is 2. The number of hydrogen-bond acceptors (Lipinski definition) is 5. The highest BCUT2D eigenvalue weighted by molar-refractivity contribution is 7.89. The molecule has 2 rings (SSSR count). The smallest absolute Gasteiger partial charge is 0.239 e. The van der Waals surface area contributed by atoms with E-state index in [1.807, 2.05) is 0 Å². The second-order valence-corrected chi connectivity index (χ2v) is 8.34. The van der Waals surface area contributed by atoms with E-state index in [1.54, 1.807) is 0 Å². The quantitative estimate of drug-likeness (QED) is 0.766. The van der Waals surface area contributed by atoms with Crippen molar-refractivity contribution < 1.29 is 13.2 Å². The van der Waals surface area contributed by atoms with Crippen LogP contribution in [0.1, 0.15) is 39.5 Å². The first kappa shape index (κ1) is 16.7. The van der Waals surface area contributed by atoms with Crippen LogP contribution >= 0.6 is 0 Å². The third-order valence-electron chi connectivity index (χ3n) is 4.38. The molecule has 1 aliphatic heterocycles. The molecule has 1 amide bonds. The number of likely N-dealkylation sites (tertiary alicyclic amines) is 1. The molecule has 0 aromatic heterocycles. The Morgan fingerprint density at radius 3 is 2.24 bits per heavy atom. The maximum absolute atomic E-state index is 12.4. The number of carbonyl (C=O) groups is 1. The standard InChI is InChI=1S/C14H27N3O3S/c1-11(2)16-8-5-13(6-9-16)17(14(18)12-3-4-12)21(19,20)10-7-15/h11-13H,3-10,15H2,1-2H3. The summed E-state index contributed by atoms with van der Waals surface area (Å²) in [5, 5.41) is 0. The van der Waals surface area contributed by atoms with E-state index >= 15 is 0 Å². The van der Waals surface area contributed by atoms with E-state index in [0.29, 0.717) is 6.04 Å². The molecule has 2 aliphatic rings. The molecule has 1 aliphatic carbocycles. The molecule has 0 unspecified atom stereocenters. The molecule has 0 atom stereocenters. The molecule has 2 fully saturated rings. The summed E-state index contributed by atoms with van der Waals surface area (Å²) >= 11 is 0. The molecule has 0 radical (unpaired) electrons. The number of sulfonamides is 1. The van der Waals surface area contributed by atoms with E-state index in [1.165, 1.54) is 4.31 Å². The molecule has 21 heavy (non-hydrogen) atoms. The lowest BCUT2D eigenvalue weighted by Crippen LogP contribution is -2.52. The summed E-state index contributed by atoms with van der Waals surface area (Å²) in [6.45, 7) is 6.02. The summed E-state index contributed by atoms with van der Waals surface area (Å²) in [5.74, 6) is -0.428. The van der Waals surface area contributed by atoms with E-state index in [4.69, 9.17) is 5.73 Å². The fourth-order valence-electron chi connectivity index (χ4n) is 2.94. The van der Waals surface area contributed by atoms with Crippen molar-refractivity contribution in [3.63, 3.8) is 0 Å². The lowest BCUT2D eigenvalue weighted by atomic mass is 10.0. The predicted molar refractivity (Wildman–Crippen MR) is 82.1 cm³/mol. The maximum Gasteiger partial charge on any atom is 0.239 e. The molecule has 7 heteroatoms. The molecule has 0 spiro atoms. The second kappa shape index (κ2) is 6.62. The minimum absolute atomic E-state index is 0.0572. The minimum atomic E-state index is -3.57. The highest BCUT2D eigenvalue weighted by atomic mass is 32.2. The highest BCUT2D eigenvalue weighted by Gasteiger charge is 2.42. The molecule has 6 nitrogen and oxygen atoms in total. The van der Waals surface area contributed by atoms with Gasteiger partial charge in [0, 0.05) is 31.6 Å². The number of nitrogens with two attached hydrogens (primary N) is 1. The van der Waals surface area contributed by atoms with Crippen LogP contribution in [-0.4, -0.2) is 61.0 Å². The normalized spacial score (nSPS) is 21.7. The summed E-state index contributed by atoms with van der Waals surface area (Å²) in [4.78, 5) is 14.8. The van der Waals surface area contributed by atoms with Gasteiger partial charge in [0.25, 0.3) is 0 Å². The van der Waals surface area contributed by atoms with Crippen LogP contribution in [0, 0.1) is 5.92 Å². The fourth-order valence-corrected chi connectivity index (χ4v) is 4.52. The Balaban J connectivity index is 2.11. The Morgan fingerprint density at radius 1 is 1.24 bits per heavy atom. The lowest BCUT2D eigenvalue weighted by molar-refractivity contribution is -0.130. The Hall–Kier alpha value is -0.660. The number of amides is 1. The topological polar surface area (TPSA) is 83.7 Å². The molecular formula is C14H27N3O3S. The van der Waals surface area contributed by atoms with Crippen molar-refractivity contribution in [2.24, 2.45) is 11.7 Å². The molecule has 0 aromatic carbocycles. The van der Waals surface area contributed by atoms with Crippen LogP contribution in [0.15, 0.2) is 0 Å². The largest absolute Gasteiger partial charge is 0.329 e. The number of rotatable bonds is 6. The van der Waals surface area contributed by atoms with Gasteiger partial charge in [-0.25, -0.2) is 12.7 Å². The lowest BCUT2D eigenvalue weighted by Gasteiger charge is -2.39. The summed E-state index contributed by atoms with van der Waals surface area (Å²) < 4.78 is 26.1. The number of piperidine rings is 1. The van der Waals surface area contributed by atoms with Crippen molar-refractivity contribution in [1.29, 1.82) is 0 Å². The Bertz CT molecular complexity index is 466. The first-order chi connectivity index (χ1) is 9.86. The van der Waals surface area contributed by atoms with E-state index in [9.17, 15) is 13.2 Å². The summed E-state index contributed by atoms with van der Waals surface area (Å²) in [5.41, 5.74) is 5.41. The van der Waals surface area contributed by atoms with Crippen molar-refractivity contribution >= 4 is 15.9 Å². The van der Waals surface area contributed by atoms with Crippen LogP contribution in [0.25, 0.3) is 0 Å². The molecule has 0 aromatic rings. The summed E-state index contributed by atoms with van der Waals surface area (Å²) in [7, 11) is -3.57. The average Bonchev–Trinajstić information content (AvgIpc) is 3.23. The van der Waals surface area contributed by atoms with Gasteiger partial charge in [-0.15, -0.1) is 0 Å². The zero-order valence-electron chi connectivity index (χ0n) is 13.0. The van der Waals surface area contributed by atoms with Crippen LogP contribution < -0.4 is 5.73 Å². The van der Waals surface area contributed by atoms with Crippen LogP contribution in [0.2, 0.25) is 0 Å². The van der Waals surface area contributed by atoms with Gasteiger partial charge in [-0.2, -0.15) is 0 Å². The molecular weight excluding hydrogens is 290 g/mol. The molecule has 1 saturated heterocycles. The van der Waals surface area contributed by atoms with Gasteiger partial charge in [0.15, 0.2) is 0 Å². The van der Waals surface area contributed by atoms with Gasteiger partial charge in [-0.3, -0.25) is 4.79 Å². The van der Waals surface area contributed by atoms with Crippen molar-refractivity contribution in [2.45, 2.75) is 51.6 Å². The second-order valence-electron chi connectivity index (χ2n) is 6.37. The van der Waals surface area contributed by atoms with E-state index < -0.39 is 10.0 Å². The van der Waals surface area contributed by atoms with Gasteiger partial charge < -0.3 is 10.6 Å². The molecule has 1 saturated carbocycles. The fraction of sp³-hybridized carbons (Fsp3) is 0.929. The van der Waals surface area contributed by atoms with E-state index in [2.05, 4.69) is 18.7 Å². The van der Waals surface area contributed by atoms with Crippen LogP contribution in [0.5, 0.6) is 0 Å². The minimum Gasteiger partial charge on any atom is -0.329 e. The average molecular weight is 317 g/mol. The monoisotopic (exact) mass is 317 g/mol. The molecule has 2 N–H and O–H groups in total. The predicted octanol–water partition coefficient (Wildman–Crippen LogP) is 0.386. The first-order valence-electron chi connectivity index (χ1n) is 7.87. The van der Waals surface area contributed by atoms with E-state index in [-0.39, 0.29) is 30.2 Å². The van der Waals surface area contributed by atoms with E-state index in [0.717, 1.165) is 38.8 Å². The molecule has 122 valence electrons. The summed E-state index contributed by atoms with van der Waals surface area (Å²) in [6, 6.07) is 0.267. The van der Waals surface area contributed by atoms with Gasteiger partial charge in [0.05, 0.1) is 11.8 Å². The molecule has 1 heterocycles. The third-order valence-corrected chi connectivity index (χ3v) is 6.21. The van der Waals surface area contributed by atoms with Crippen LogP contribution in [0.3, 0.4) is 0 Å². The summed E-state index contributed by atoms with van der Waals surface area (Å²) in [6.07, 6.45) is 3.08. The Morgan fingerprint density at radius 2 is 1.81 bits per heavy atom. The SMILES string of the molecule is CC(C)N1CCC(N(C(=O)C2CC2)S(=O)(=O)CCN)CC1. The zero-order valence-corrected chi connectivity index (χ0v) is 13.8. The number of carbonyl (C=O) groups excluding carboxylic acids is 1. The van der Waals surface area contributed by atoms with Gasteiger partial charge in [-0.1, -0.05) is 0 Å². The Labute approximate surface area is 127 Å². The number of hydrogen-bond donors (Lipinski definition) is 1. The van der Waals surface area contributed by atoms with Gasteiger partial charge in [-0.05, 0) is 39.5 Å². The third kappa shape index (κ3) is 3.96. The van der Waals surface area contributed by atoms with Crippen LogP contribution in [-0.2, 0) is 14.8 Å². The van der Waals surface area contributed by atoms with Gasteiger partial charge in [0.1, 0.15) is 0 Å². The maximum atomic E-state index is 12.4.